The van der Waals surface area contributed by atoms with Crippen LogP contribution < -0.4 is 15.4 Å². The zero-order chi connectivity index (χ0) is 23.8. The number of hydrogen-bond acceptors (Lipinski definition) is 4. The van der Waals surface area contributed by atoms with Gasteiger partial charge in [-0.1, -0.05) is 59.1 Å². The van der Waals surface area contributed by atoms with Gasteiger partial charge in [-0.15, -0.1) is 0 Å². The Balaban J connectivity index is 1.69. The third-order valence-corrected chi connectivity index (χ3v) is 5.19. The number of nitrogens with one attached hydrogen (secondary N) is 2. The van der Waals surface area contributed by atoms with Gasteiger partial charge in [-0.2, -0.15) is 5.26 Å². The smallest absolute Gasteiger partial charge is 0.266 e. The Hall–Kier alpha value is -3.79. The van der Waals surface area contributed by atoms with Crippen LogP contribution in [0, 0.1) is 18.3 Å². The highest BCUT2D eigenvalue weighted by atomic mass is 35.5. The number of halogens is 2. The van der Waals surface area contributed by atoms with Crippen LogP contribution >= 0.6 is 23.2 Å². The predicted molar refractivity (Wildman–Crippen MR) is 130 cm³/mol. The Bertz CT molecular complexity index is 1250. The molecule has 166 valence electrons. The van der Waals surface area contributed by atoms with Gasteiger partial charge in [0.05, 0.1) is 10.0 Å². The van der Waals surface area contributed by atoms with Crippen LogP contribution in [0.25, 0.3) is 6.08 Å². The Morgan fingerprint density at radius 2 is 1.67 bits per heavy atom. The third kappa shape index (κ3) is 6.84. The number of carbonyl (C=O) groups is 2. The topological polar surface area (TPSA) is 91.2 Å². The second-order valence-corrected chi connectivity index (χ2v) is 7.81. The standard InChI is InChI=1S/C25H19Cl2N3O3/c1-16-6-8-19(9-7-16)30-25(32)18(14-28)12-17-4-2-3-5-23(17)33-15-24(31)29-20-10-11-21(26)22(27)13-20/h2-13H,15H2,1H3,(H,29,31)(H,30,32). The molecule has 0 aliphatic heterocycles. The molecule has 3 aromatic carbocycles. The number of para-hydroxylation sites is 1. The summed E-state index contributed by atoms with van der Waals surface area (Å²) in [5.74, 6) is -0.615. The highest BCUT2D eigenvalue weighted by molar-refractivity contribution is 6.42. The number of amides is 2. The molecule has 0 saturated carbocycles. The van der Waals surface area contributed by atoms with E-state index in [4.69, 9.17) is 27.9 Å². The average molecular weight is 480 g/mol. The highest BCUT2D eigenvalue weighted by Gasteiger charge is 2.12. The number of nitrogens with zero attached hydrogens (tertiary/aromatic N) is 1. The van der Waals surface area contributed by atoms with Gasteiger partial charge in [0.15, 0.2) is 6.61 Å². The van der Waals surface area contributed by atoms with E-state index in [1.54, 1.807) is 48.5 Å². The molecule has 3 aromatic rings. The Kier molecular flexibility index (Phi) is 8.09. The molecule has 0 fully saturated rings. The number of anilines is 2. The first-order valence-corrected chi connectivity index (χ1v) is 10.6. The molecule has 6 nitrogen and oxygen atoms in total. The van der Waals surface area contributed by atoms with Gasteiger partial charge in [-0.05, 0) is 49.4 Å². The first kappa shape index (κ1) is 23.9. The van der Waals surface area contributed by atoms with Crippen molar-refractivity contribution in [2.45, 2.75) is 6.92 Å². The van der Waals surface area contributed by atoms with Crippen molar-refractivity contribution in [3.05, 3.63) is 93.5 Å². The summed E-state index contributed by atoms with van der Waals surface area (Å²) in [5.41, 5.74) is 2.49. The van der Waals surface area contributed by atoms with Crippen molar-refractivity contribution in [3.63, 3.8) is 0 Å². The van der Waals surface area contributed by atoms with Gasteiger partial charge in [0, 0.05) is 16.9 Å². The number of rotatable bonds is 7. The van der Waals surface area contributed by atoms with E-state index in [-0.39, 0.29) is 12.2 Å². The Labute approximate surface area is 201 Å². The van der Waals surface area contributed by atoms with Gasteiger partial charge in [-0.3, -0.25) is 9.59 Å². The van der Waals surface area contributed by atoms with Crippen LogP contribution in [0.4, 0.5) is 11.4 Å². The van der Waals surface area contributed by atoms with Gasteiger partial charge >= 0.3 is 0 Å². The van der Waals surface area contributed by atoms with E-state index in [1.165, 1.54) is 12.1 Å². The maximum atomic E-state index is 12.5. The monoisotopic (exact) mass is 479 g/mol. The summed E-state index contributed by atoms with van der Waals surface area (Å²) in [6.45, 7) is 1.65. The van der Waals surface area contributed by atoms with Gasteiger partial charge in [0.1, 0.15) is 17.4 Å². The zero-order valence-corrected chi connectivity index (χ0v) is 19.1. The van der Waals surface area contributed by atoms with Crippen molar-refractivity contribution in [2.75, 3.05) is 17.2 Å². The molecule has 3 rings (SSSR count). The molecule has 0 saturated heterocycles. The summed E-state index contributed by atoms with van der Waals surface area (Å²) >= 11 is 11.8. The minimum atomic E-state index is -0.548. The lowest BCUT2D eigenvalue weighted by Gasteiger charge is -2.11. The first-order chi connectivity index (χ1) is 15.9. The fourth-order valence-electron chi connectivity index (χ4n) is 2.78. The lowest BCUT2D eigenvalue weighted by molar-refractivity contribution is -0.118. The van der Waals surface area contributed by atoms with Crippen molar-refractivity contribution < 1.29 is 14.3 Å². The quantitative estimate of drug-likeness (QED) is 0.327. The molecule has 2 N–H and O–H groups in total. The Morgan fingerprint density at radius 3 is 2.36 bits per heavy atom. The molecular formula is C25H19Cl2N3O3. The SMILES string of the molecule is Cc1ccc(NC(=O)C(C#N)=Cc2ccccc2OCC(=O)Nc2ccc(Cl)c(Cl)c2)cc1. The van der Waals surface area contributed by atoms with Gasteiger partial charge in [0.25, 0.3) is 11.8 Å². The molecule has 0 spiro atoms. The minimum absolute atomic E-state index is 0.105. The van der Waals surface area contributed by atoms with E-state index in [0.717, 1.165) is 5.56 Å². The Morgan fingerprint density at radius 1 is 0.970 bits per heavy atom. The molecule has 8 heteroatoms. The highest BCUT2D eigenvalue weighted by Crippen LogP contribution is 2.25. The molecule has 0 atom stereocenters. The van der Waals surface area contributed by atoms with Gasteiger partial charge < -0.3 is 15.4 Å². The summed E-state index contributed by atoms with van der Waals surface area (Å²) in [7, 11) is 0. The number of aryl methyl sites for hydroxylation is 1. The van der Waals surface area contributed by atoms with Crippen molar-refractivity contribution in [1.29, 1.82) is 5.26 Å². The van der Waals surface area contributed by atoms with E-state index in [1.807, 2.05) is 25.1 Å². The van der Waals surface area contributed by atoms with Crippen molar-refractivity contribution in [1.82, 2.24) is 0 Å². The third-order valence-electron chi connectivity index (χ3n) is 4.46. The van der Waals surface area contributed by atoms with E-state index in [0.29, 0.717) is 32.7 Å². The van der Waals surface area contributed by atoms with Crippen LogP contribution in [0.5, 0.6) is 5.75 Å². The maximum Gasteiger partial charge on any atom is 0.266 e. The molecule has 33 heavy (non-hydrogen) atoms. The second kappa shape index (κ2) is 11.2. The van der Waals surface area contributed by atoms with Crippen LogP contribution in [0.1, 0.15) is 11.1 Å². The summed E-state index contributed by atoms with van der Waals surface area (Å²) in [5, 5.41) is 15.5. The summed E-state index contributed by atoms with van der Waals surface area (Å²) < 4.78 is 5.62. The van der Waals surface area contributed by atoms with E-state index >= 15 is 0 Å². The van der Waals surface area contributed by atoms with Crippen LogP contribution in [0.2, 0.25) is 10.0 Å². The maximum absolute atomic E-state index is 12.5. The van der Waals surface area contributed by atoms with Gasteiger partial charge in [-0.25, -0.2) is 0 Å². The van der Waals surface area contributed by atoms with Crippen LogP contribution in [0.3, 0.4) is 0 Å². The van der Waals surface area contributed by atoms with E-state index in [9.17, 15) is 14.9 Å². The predicted octanol–water partition coefficient (Wildman–Crippen LogP) is 5.87. The molecule has 0 aromatic heterocycles. The summed E-state index contributed by atoms with van der Waals surface area (Å²) in [6.07, 6.45) is 1.41. The second-order valence-electron chi connectivity index (χ2n) is 6.99. The van der Waals surface area contributed by atoms with Crippen molar-refractivity contribution >= 4 is 52.5 Å². The molecule has 0 heterocycles. The largest absolute Gasteiger partial charge is 0.483 e. The molecule has 0 unspecified atom stereocenters. The lowest BCUT2D eigenvalue weighted by atomic mass is 10.1. The minimum Gasteiger partial charge on any atom is -0.483 e. The average Bonchev–Trinajstić information content (AvgIpc) is 2.80. The van der Waals surface area contributed by atoms with E-state index in [2.05, 4.69) is 10.6 Å². The summed E-state index contributed by atoms with van der Waals surface area (Å²) in [4.78, 5) is 24.8. The summed E-state index contributed by atoms with van der Waals surface area (Å²) in [6, 6.07) is 20.7. The number of hydrogen-bond donors (Lipinski definition) is 2. The zero-order valence-electron chi connectivity index (χ0n) is 17.6. The number of ether oxygens (including phenoxy) is 1. The van der Waals surface area contributed by atoms with Crippen LogP contribution in [0.15, 0.2) is 72.3 Å². The number of benzene rings is 3. The fourth-order valence-corrected chi connectivity index (χ4v) is 3.08. The lowest BCUT2D eigenvalue weighted by Crippen LogP contribution is -2.20. The van der Waals surface area contributed by atoms with Gasteiger partial charge in [0.2, 0.25) is 0 Å². The van der Waals surface area contributed by atoms with Crippen LogP contribution in [-0.4, -0.2) is 18.4 Å². The first-order valence-electron chi connectivity index (χ1n) is 9.82. The van der Waals surface area contributed by atoms with Crippen molar-refractivity contribution in [3.8, 4) is 11.8 Å². The van der Waals surface area contributed by atoms with E-state index < -0.39 is 11.8 Å². The molecule has 0 radical (unpaired) electrons. The molecule has 2 amide bonds. The molecule has 0 aliphatic carbocycles. The number of carbonyl (C=O) groups excluding carboxylic acids is 2. The molecular weight excluding hydrogens is 461 g/mol. The molecule has 0 bridgehead atoms. The van der Waals surface area contributed by atoms with Crippen molar-refractivity contribution in [2.24, 2.45) is 0 Å². The van der Waals surface area contributed by atoms with Crippen LogP contribution in [-0.2, 0) is 9.59 Å². The normalized spacial score (nSPS) is 10.8. The fraction of sp³-hybridized carbons (Fsp3) is 0.0800. The molecule has 0 aliphatic rings. The number of nitriles is 1.